The zero-order chi connectivity index (χ0) is 19.4. The summed E-state index contributed by atoms with van der Waals surface area (Å²) in [6.07, 6.45) is 6.27. The van der Waals surface area contributed by atoms with Gasteiger partial charge in [-0.25, -0.2) is 0 Å². The van der Waals surface area contributed by atoms with Gasteiger partial charge < -0.3 is 4.74 Å². The summed E-state index contributed by atoms with van der Waals surface area (Å²) in [5.74, 6) is -0.922. The Kier molecular flexibility index (Phi) is 6.22. The van der Waals surface area contributed by atoms with Crippen LogP contribution in [0, 0.1) is 10.1 Å². The third-order valence-corrected chi connectivity index (χ3v) is 5.81. The van der Waals surface area contributed by atoms with E-state index in [2.05, 4.69) is 0 Å². The van der Waals surface area contributed by atoms with Gasteiger partial charge in [0, 0.05) is 6.07 Å². The molecule has 0 spiro atoms. The summed E-state index contributed by atoms with van der Waals surface area (Å²) in [6.45, 7) is -0.241. The number of ether oxygens (including phenoxy) is 1. The minimum absolute atomic E-state index is 0.0906. The van der Waals surface area contributed by atoms with Crippen molar-refractivity contribution in [3.63, 3.8) is 0 Å². The fourth-order valence-corrected chi connectivity index (χ4v) is 4.33. The Labute approximate surface area is 165 Å². The monoisotopic (exact) mass is 406 g/mol. The molecule has 7 nitrogen and oxygen atoms in total. The molecule has 1 saturated heterocycles. The van der Waals surface area contributed by atoms with E-state index in [4.69, 9.17) is 17.0 Å². The number of rotatable bonds is 5. The summed E-state index contributed by atoms with van der Waals surface area (Å²) in [6, 6.07) is 6.14. The van der Waals surface area contributed by atoms with Gasteiger partial charge in [0.2, 0.25) is 0 Å². The van der Waals surface area contributed by atoms with E-state index < -0.39 is 16.8 Å². The molecule has 1 aromatic carbocycles. The maximum atomic E-state index is 12.6. The van der Waals surface area contributed by atoms with Gasteiger partial charge in [0.15, 0.2) is 0 Å². The van der Waals surface area contributed by atoms with E-state index in [9.17, 15) is 19.7 Å². The maximum absolute atomic E-state index is 12.6. The molecule has 1 aliphatic heterocycles. The van der Waals surface area contributed by atoms with Crippen LogP contribution in [-0.2, 0) is 14.3 Å². The molecule has 0 aromatic heterocycles. The summed E-state index contributed by atoms with van der Waals surface area (Å²) in [5.41, 5.74) is 0.215. The van der Waals surface area contributed by atoms with Gasteiger partial charge in [0.25, 0.3) is 11.6 Å². The third-order valence-electron chi connectivity index (χ3n) is 4.43. The van der Waals surface area contributed by atoms with Gasteiger partial charge >= 0.3 is 5.97 Å². The van der Waals surface area contributed by atoms with E-state index in [1.807, 2.05) is 0 Å². The van der Waals surface area contributed by atoms with E-state index in [1.165, 1.54) is 17.0 Å². The number of nitro groups is 1. The molecule has 0 atom stereocenters. The fraction of sp³-hybridized carbons (Fsp3) is 0.389. The molecule has 0 N–H and O–H groups in total. The molecule has 1 aromatic rings. The van der Waals surface area contributed by atoms with Crippen molar-refractivity contribution in [3.8, 4) is 0 Å². The highest BCUT2D eigenvalue weighted by atomic mass is 32.2. The lowest BCUT2D eigenvalue weighted by molar-refractivity contribution is -0.385. The molecule has 0 bridgehead atoms. The second kappa shape index (κ2) is 8.62. The highest BCUT2D eigenvalue weighted by Gasteiger charge is 2.34. The van der Waals surface area contributed by atoms with Crippen molar-refractivity contribution < 1.29 is 19.2 Å². The first-order valence-corrected chi connectivity index (χ1v) is 9.86. The van der Waals surface area contributed by atoms with Gasteiger partial charge in [0.1, 0.15) is 17.0 Å². The summed E-state index contributed by atoms with van der Waals surface area (Å²) < 4.78 is 5.68. The number of thioether (sulfide) groups is 1. The van der Waals surface area contributed by atoms with Crippen LogP contribution in [0.25, 0.3) is 6.08 Å². The van der Waals surface area contributed by atoms with Crippen LogP contribution in [-0.4, -0.2) is 38.7 Å². The molecule has 1 aliphatic carbocycles. The summed E-state index contributed by atoms with van der Waals surface area (Å²) in [4.78, 5) is 36.8. The number of esters is 1. The molecule has 0 unspecified atom stereocenters. The molecule has 9 heteroatoms. The number of thiocarbonyl (C=S) groups is 1. The first-order valence-electron chi connectivity index (χ1n) is 8.64. The summed E-state index contributed by atoms with van der Waals surface area (Å²) in [5, 5.41) is 11.1. The van der Waals surface area contributed by atoms with Crippen molar-refractivity contribution in [1.29, 1.82) is 0 Å². The Hall–Kier alpha value is -2.26. The number of amides is 1. The number of nitrogens with zero attached hydrogens (tertiary/aromatic N) is 2. The van der Waals surface area contributed by atoms with E-state index in [1.54, 1.807) is 18.2 Å². The molecule has 1 amide bonds. The molecule has 1 heterocycles. The quantitative estimate of drug-likeness (QED) is 0.242. The van der Waals surface area contributed by atoms with E-state index in [0.717, 1.165) is 43.9 Å². The average molecular weight is 406 g/mol. The van der Waals surface area contributed by atoms with Gasteiger partial charge in [0.05, 0.1) is 15.4 Å². The van der Waals surface area contributed by atoms with Crippen LogP contribution in [0.4, 0.5) is 5.69 Å². The smallest absolute Gasteiger partial charge is 0.326 e. The molecule has 2 aliphatic rings. The lowest BCUT2D eigenvalue weighted by Crippen LogP contribution is -2.36. The SMILES string of the molecule is O=C(CN1C(=O)/C(=C/c2ccccc2[N+](=O)[O-])SC1=S)OC1CCCCC1. The second-order valence-corrected chi connectivity index (χ2v) is 8.01. The standard InChI is InChI=1S/C18H18N2O5S2/c21-16(25-13-7-2-1-3-8-13)11-19-17(22)15(27-18(19)26)10-12-6-4-5-9-14(12)20(23)24/h4-6,9-10,13H,1-3,7-8,11H2/b15-10-. The normalized spacial score (nSPS) is 19.6. The zero-order valence-electron chi connectivity index (χ0n) is 14.5. The topological polar surface area (TPSA) is 89.8 Å². The Morgan fingerprint density at radius 3 is 2.74 bits per heavy atom. The maximum Gasteiger partial charge on any atom is 0.326 e. The van der Waals surface area contributed by atoms with E-state index in [-0.39, 0.29) is 27.6 Å². The largest absolute Gasteiger partial charge is 0.461 e. The van der Waals surface area contributed by atoms with Crippen LogP contribution in [0.5, 0.6) is 0 Å². The lowest BCUT2D eigenvalue weighted by Gasteiger charge is -2.23. The number of carbonyl (C=O) groups is 2. The fourth-order valence-electron chi connectivity index (χ4n) is 3.09. The highest BCUT2D eigenvalue weighted by molar-refractivity contribution is 8.26. The summed E-state index contributed by atoms with van der Waals surface area (Å²) in [7, 11) is 0. The van der Waals surface area contributed by atoms with Gasteiger partial charge in [-0.15, -0.1) is 0 Å². The second-order valence-electron chi connectivity index (χ2n) is 6.33. The predicted octanol–water partition coefficient (Wildman–Crippen LogP) is 3.67. The number of benzene rings is 1. The van der Waals surface area contributed by atoms with E-state index in [0.29, 0.717) is 5.56 Å². The minimum Gasteiger partial charge on any atom is -0.461 e. The molecule has 2 fully saturated rings. The molecule has 0 radical (unpaired) electrons. The molecule has 142 valence electrons. The first kappa shape index (κ1) is 19.5. The molecule has 27 heavy (non-hydrogen) atoms. The Balaban J connectivity index is 1.69. The van der Waals surface area contributed by atoms with Crippen LogP contribution < -0.4 is 0 Å². The van der Waals surface area contributed by atoms with Gasteiger partial charge in [-0.05, 0) is 37.8 Å². The average Bonchev–Trinajstić information content (AvgIpc) is 2.90. The molecule has 1 saturated carbocycles. The number of para-hydroxylation sites is 1. The van der Waals surface area contributed by atoms with Crippen LogP contribution in [0.1, 0.15) is 37.7 Å². The van der Waals surface area contributed by atoms with Gasteiger partial charge in [-0.1, -0.05) is 42.5 Å². The third kappa shape index (κ3) is 4.72. The lowest BCUT2D eigenvalue weighted by atomic mass is 9.98. The van der Waals surface area contributed by atoms with Crippen LogP contribution in [0.3, 0.4) is 0 Å². The number of nitro benzene ring substituents is 1. The van der Waals surface area contributed by atoms with Crippen LogP contribution in [0.15, 0.2) is 29.2 Å². The van der Waals surface area contributed by atoms with Crippen LogP contribution >= 0.6 is 24.0 Å². The highest BCUT2D eigenvalue weighted by Crippen LogP contribution is 2.34. The minimum atomic E-state index is -0.506. The van der Waals surface area contributed by atoms with Crippen molar-refractivity contribution >= 4 is 51.9 Å². The predicted molar refractivity (Wildman–Crippen MR) is 106 cm³/mol. The van der Waals surface area contributed by atoms with Crippen molar-refractivity contribution in [2.24, 2.45) is 0 Å². The van der Waals surface area contributed by atoms with Crippen molar-refractivity contribution in [1.82, 2.24) is 4.90 Å². The van der Waals surface area contributed by atoms with Crippen molar-refractivity contribution in [3.05, 3.63) is 44.8 Å². The molecule has 3 rings (SSSR count). The number of carbonyl (C=O) groups excluding carboxylic acids is 2. The van der Waals surface area contributed by atoms with Crippen molar-refractivity contribution in [2.75, 3.05) is 6.54 Å². The van der Waals surface area contributed by atoms with Gasteiger partial charge in [-0.2, -0.15) is 0 Å². The Bertz CT molecular complexity index is 818. The first-order chi connectivity index (χ1) is 13.0. The van der Waals surface area contributed by atoms with Crippen molar-refractivity contribution in [2.45, 2.75) is 38.2 Å². The molecular formula is C18H18N2O5S2. The number of hydrogen-bond acceptors (Lipinski definition) is 7. The Morgan fingerprint density at radius 1 is 1.33 bits per heavy atom. The van der Waals surface area contributed by atoms with E-state index >= 15 is 0 Å². The number of hydrogen-bond donors (Lipinski definition) is 0. The Morgan fingerprint density at radius 2 is 2.04 bits per heavy atom. The molecular weight excluding hydrogens is 388 g/mol. The zero-order valence-corrected chi connectivity index (χ0v) is 16.1. The van der Waals surface area contributed by atoms with Gasteiger partial charge in [-0.3, -0.25) is 24.6 Å². The van der Waals surface area contributed by atoms with Crippen LogP contribution in [0.2, 0.25) is 0 Å². The summed E-state index contributed by atoms with van der Waals surface area (Å²) >= 11 is 6.23.